The average molecular weight is 928 g/mol. The summed E-state index contributed by atoms with van der Waals surface area (Å²) in [6.07, 6.45) is 65.5. The molecule has 6 heteroatoms. The molecule has 0 aromatic carbocycles. The van der Waals surface area contributed by atoms with Gasteiger partial charge >= 0.3 is 17.9 Å². The Morgan fingerprint density at radius 2 is 0.545 bits per heavy atom. The van der Waals surface area contributed by atoms with Crippen molar-refractivity contribution in [3.63, 3.8) is 0 Å². The largest absolute Gasteiger partial charge is 0.462 e. The van der Waals surface area contributed by atoms with Crippen LogP contribution in [-0.4, -0.2) is 37.2 Å². The lowest BCUT2D eigenvalue weighted by Gasteiger charge is -2.18. The maximum absolute atomic E-state index is 12.8. The highest BCUT2D eigenvalue weighted by Gasteiger charge is 2.19. The summed E-state index contributed by atoms with van der Waals surface area (Å²) in [6.45, 7) is 6.63. The van der Waals surface area contributed by atoms with E-state index in [1.165, 1.54) is 212 Å². The van der Waals surface area contributed by atoms with Crippen LogP contribution in [0.25, 0.3) is 0 Å². The van der Waals surface area contributed by atoms with Crippen LogP contribution in [0.15, 0.2) is 36.5 Å². The maximum Gasteiger partial charge on any atom is 0.306 e. The first-order valence-electron chi connectivity index (χ1n) is 29.0. The first-order valence-corrected chi connectivity index (χ1v) is 29.0. The summed E-state index contributed by atoms with van der Waals surface area (Å²) < 4.78 is 16.9. The number of allylic oxidation sites excluding steroid dienone is 6. The van der Waals surface area contributed by atoms with E-state index in [1.54, 1.807) is 0 Å². The minimum Gasteiger partial charge on any atom is -0.462 e. The normalized spacial score (nSPS) is 12.2. The van der Waals surface area contributed by atoms with Gasteiger partial charge in [0.15, 0.2) is 6.10 Å². The van der Waals surface area contributed by atoms with Crippen LogP contribution in [0, 0.1) is 0 Å². The molecule has 66 heavy (non-hydrogen) atoms. The van der Waals surface area contributed by atoms with Gasteiger partial charge in [0.1, 0.15) is 13.2 Å². The molecule has 0 heterocycles. The summed E-state index contributed by atoms with van der Waals surface area (Å²) in [4.78, 5) is 38.1. The molecule has 0 amide bonds. The zero-order valence-corrected chi connectivity index (χ0v) is 44.2. The molecule has 0 N–H and O–H groups in total. The van der Waals surface area contributed by atoms with Crippen molar-refractivity contribution < 1.29 is 28.6 Å². The Morgan fingerprint density at radius 3 is 0.894 bits per heavy atom. The summed E-state index contributed by atoms with van der Waals surface area (Å²) in [5.41, 5.74) is 0. The van der Waals surface area contributed by atoms with E-state index in [1.807, 2.05) is 0 Å². The van der Waals surface area contributed by atoms with Crippen molar-refractivity contribution in [2.24, 2.45) is 0 Å². The molecule has 0 aromatic rings. The molecule has 1 unspecified atom stereocenters. The lowest BCUT2D eigenvalue weighted by Crippen LogP contribution is -2.30. The summed E-state index contributed by atoms with van der Waals surface area (Å²) in [6, 6.07) is 0. The lowest BCUT2D eigenvalue weighted by molar-refractivity contribution is -0.167. The number of carbonyl (C=O) groups excluding carboxylic acids is 3. The Labute approximate surface area is 410 Å². The highest BCUT2D eigenvalue weighted by Crippen LogP contribution is 2.16. The molecule has 1 atom stereocenters. The van der Waals surface area contributed by atoms with Crippen LogP contribution in [0.1, 0.15) is 310 Å². The fraction of sp³-hybridized carbons (Fsp3) is 0.850. The fourth-order valence-corrected chi connectivity index (χ4v) is 8.49. The van der Waals surface area contributed by atoms with Crippen molar-refractivity contribution >= 4 is 17.9 Å². The SMILES string of the molecule is CCCCC/C=C\C=C/CCCCCCCCCCCCC(=O)OCC(COC(=O)CCCCCCCCCCCCCCCC)OC(=O)CCCCCCCCC/C=C\CCCCCC. The van der Waals surface area contributed by atoms with Crippen molar-refractivity contribution in [1.82, 2.24) is 0 Å². The van der Waals surface area contributed by atoms with Crippen LogP contribution < -0.4 is 0 Å². The molecule has 6 nitrogen and oxygen atoms in total. The minimum atomic E-state index is -0.772. The quantitative estimate of drug-likeness (QED) is 0.0199. The number of ether oxygens (including phenoxy) is 3. The Bertz CT molecular complexity index is 1110. The van der Waals surface area contributed by atoms with Crippen molar-refractivity contribution in [2.75, 3.05) is 13.2 Å². The van der Waals surface area contributed by atoms with Crippen LogP contribution in [-0.2, 0) is 28.6 Å². The van der Waals surface area contributed by atoms with E-state index >= 15 is 0 Å². The van der Waals surface area contributed by atoms with Crippen molar-refractivity contribution in [3.05, 3.63) is 36.5 Å². The first kappa shape index (κ1) is 63.6. The second-order valence-electron chi connectivity index (χ2n) is 19.6. The highest BCUT2D eigenvalue weighted by molar-refractivity contribution is 5.71. The molecule has 0 fully saturated rings. The highest BCUT2D eigenvalue weighted by atomic mass is 16.6. The van der Waals surface area contributed by atoms with Crippen LogP contribution in [0.5, 0.6) is 0 Å². The van der Waals surface area contributed by atoms with Gasteiger partial charge in [-0.1, -0.05) is 256 Å². The Hall–Kier alpha value is -2.37. The molecule has 0 aliphatic rings. The maximum atomic E-state index is 12.8. The zero-order chi connectivity index (χ0) is 47.9. The second-order valence-corrected chi connectivity index (χ2v) is 19.6. The molecule has 0 radical (unpaired) electrons. The van der Waals surface area contributed by atoms with Gasteiger partial charge in [-0.05, 0) is 70.6 Å². The van der Waals surface area contributed by atoms with Gasteiger partial charge in [-0.2, -0.15) is 0 Å². The molecule has 0 aliphatic carbocycles. The summed E-state index contributed by atoms with van der Waals surface area (Å²) >= 11 is 0. The molecule has 0 spiro atoms. The Kier molecular flexibility index (Phi) is 53.2. The van der Waals surface area contributed by atoms with E-state index in [2.05, 4.69) is 57.2 Å². The van der Waals surface area contributed by atoms with E-state index in [0.717, 1.165) is 57.8 Å². The van der Waals surface area contributed by atoms with Crippen LogP contribution >= 0.6 is 0 Å². The lowest BCUT2D eigenvalue weighted by atomic mass is 10.0. The molecule has 0 aliphatic heterocycles. The number of esters is 3. The average Bonchev–Trinajstić information content (AvgIpc) is 3.31. The standard InChI is InChI=1S/C60H110O6/c1-4-7-10-13-16-19-22-25-28-29-30-31-33-35-38-41-44-47-50-53-59(62)65-56-57(55-64-58(61)52-49-46-43-40-37-34-27-24-21-18-15-12-9-6-3)66-60(63)54-51-48-45-42-39-36-32-26-23-20-17-14-11-8-5-2/h16,19-20,22-23,25,57H,4-15,17-18,21,24,26-56H2,1-3H3/b19-16-,23-20-,25-22-. The monoisotopic (exact) mass is 927 g/mol. The van der Waals surface area contributed by atoms with Gasteiger partial charge in [0.2, 0.25) is 0 Å². The number of unbranched alkanes of at least 4 members (excludes halogenated alkanes) is 37. The molecule has 386 valence electrons. The minimum absolute atomic E-state index is 0.0710. The van der Waals surface area contributed by atoms with E-state index in [-0.39, 0.29) is 31.1 Å². The van der Waals surface area contributed by atoms with Gasteiger partial charge in [0, 0.05) is 19.3 Å². The van der Waals surface area contributed by atoms with Gasteiger partial charge in [-0.15, -0.1) is 0 Å². The van der Waals surface area contributed by atoms with Crippen molar-refractivity contribution in [1.29, 1.82) is 0 Å². The molecular formula is C60H110O6. The van der Waals surface area contributed by atoms with Gasteiger partial charge in [0.25, 0.3) is 0 Å². The third kappa shape index (κ3) is 52.6. The number of hydrogen-bond acceptors (Lipinski definition) is 6. The molecule has 0 rings (SSSR count). The van der Waals surface area contributed by atoms with Crippen molar-refractivity contribution in [3.8, 4) is 0 Å². The van der Waals surface area contributed by atoms with Crippen LogP contribution in [0.2, 0.25) is 0 Å². The smallest absolute Gasteiger partial charge is 0.306 e. The first-order chi connectivity index (χ1) is 32.5. The van der Waals surface area contributed by atoms with E-state index in [9.17, 15) is 14.4 Å². The van der Waals surface area contributed by atoms with E-state index < -0.39 is 6.10 Å². The van der Waals surface area contributed by atoms with Gasteiger partial charge in [0.05, 0.1) is 0 Å². The summed E-state index contributed by atoms with van der Waals surface area (Å²) in [5.74, 6) is -0.862. The molecule has 0 saturated carbocycles. The van der Waals surface area contributed by atoms with Gasteiger partial charge < -0.3 is 14.2 Å². The third-order valence-electron chi connectivity index (χ3n) is 12.9. The predicted molar refractivity (Wildman–Crippen MR) is 284 cm³/mol. The predicted octanol–water partition coefficient (Wildman–Crippen LogP) is 19.3. The van der Waals surface area contributed by atoms with E-state index in [0.29, 0.717) is 19.3 Å². The fourth-order valence-electron chi connectivity index (χ4n) is 8.49. The third-order valence-corrected chi connectivity index (χ3v) is 12.9. The molecule has 0 bridgehead atoms. The summed E-state index contributed by atoms with van der Waals surface area (Å²) in [5, 5.41) is 0. The topological polar surface area (TPSA) is 78.9 Å². The summed E-state index contributed by atoms with van der Waals surface area (Å²) in [7, 11) is 0. The Morgan fingerprint density at radius 1 is 0.303 bits per heavy atom. The number of carbonyl (C=O) groups is 3. The van der Waals surface area contributed by atoms with Crippen LogP contribution in [0.4, 0.5) is 0 Å². The van der Waals surface area contributed by atoms with Crippen LogP contribution in [0.3, 0.4) is 0 Å². The Balaban J connectivity index is 4.33. The number of rotatable bonds is 53. The van der Waals surface area contributed by atoms with Gasteiger partial charge in [-0.3, -0.25) is 14.4 Å². The molecular weight excluding hydrogens is 817 g/mol. The van der Waals surface area contributed by atoms with Crippen molar-refractivity contribution in [2.45, 2.75) is 316 Å². The van der Waals surface area contributed by atoms with E-state index in [4.69, 9.17) is 14.2 Å². The zero-order valence-electron chi connectivity index (χ0n) is 44.2. The number of hydrogen-bond donors (Lipinski definition) is 0. The van der Waals surface area contributed by atoms with Gasteiger partial charge in [-0.25, -0.2) is 0 Å². The molecule has 0 aromatic heterocycles. The second kappa shape index (κ2) is 55.2. The molecule has 0 saturated heterocycles.